The van der Waals surface area contributed by atoms with E-state index in [2.05, 4.69) is 0 Å². The van der Waals surface area contributed by atoms with Crippen LogP contribution in [0.3, 0.4) is 0 Å². The standard InChI is InChI=1S/C15H14O5/c16-9-3-1-8(2-4-9)13-7-12(19)15-11(18)5-10(17)6-14(15)20-13/h1-6,12-13,16-19H,7H2/t12?,13-/m0/s1. The number of aliphatic hydroxyl groups excluding tert-OH is 1. The van der Waals surface area contributed by atoms with Crippen LogP contribution >= 0.6 is 0 Å². The summed E-state index contributed by atoms with van der Waals surface area (Å²) in [5.74, 6) is 0.108. The number of aliphatic hydroxyl groups is 1. The second-order valence-electron chi connectivity index (χ2n) is 4.83. The Labute approximate surface area is 115 Å². The van der Waals surface area contributed by atoms with Gasteiger partial charge in [0.05, 0.1) is 11.7 Å². The molecule has 0 bridgehead atoms. The van der Waals surface area contributed by atoms with Crippen molar-refractivity contribution in [3.63, 3.8) is 0 Å². The van der Waals surface area contributed by atoms with Crippen LogP contribution in [0.25, 0.3) is 0 Å². The van der Waals surface area contributed by atoms with E-state index in [0.29, 0.717) is 0 Å². The van der Waals surface area contributed by atoms with Gasteiger partial charge in [-0.1, -0.05) is 12.1 Å². The lowest BCUT2D eigenvalue weighted by Gasteiger charge is -2.30. The molecule has 5 nitrogen and oxygen atoms in total. The maximum absolute atomic E-state index is 10.1. The van der Waals surface area contributed by atoms with Crippen LogP contribution in [0.2, 0.25) is 0 Å². The number of ether oxygens (including phenoxy) is 1. The summed E-state index contributed by atoms with van der Waals surface area (Å²) >= 11 is 0. The molecule has 0 amide bonds. The molecule has 3 rings (SSSR count). The molecule has 1 aliphatic heterocycles. The lowest BCUT2D eigenvalue weighted by molar-refractivity contribution is 0.0631. The number of fused-ring (bicyclic) bond motifs is 1. The molecule has 0 spiro atoms. The first-order valence-corrected chi connectivity index (χ1v) is 6.24. The van der Waals surface area contributed by atoms with Crippen molar-refractivity contribution in [1.82, 2.24) is 0 Å². The molecule has 1 unspecified atom stereocenters. The van der Waals surface area contributed by atoms with Gasteiger partial charge in [-0.25, -0.2) is 0 Å². The highest BCUT2D eigenvalue weighted by atomic mass is 16.5. The zero-order valence-electron chi connectivity index (χ0n) is 10.5. The number of hydrogen-bond acceptors (Lipinski definition) is 5. The maximum Gasteiger partial charge on any atom is 0.133 e. The Balaban J connectivity index is 1.98. The van der Waals surface area contributed by atoms with Crippen molar-refractivity contribution in [2.75, 3.05) is 0 Å². The molecule has 0 saturated carbocycles. The minimum absolute atomic E-state index is 0.125. The summed E-state index contributed by atoms with van der Waals surface area (Å²) < 4.78 is 5.73. The van der Waals surface area contributed by atoms with Gasteiger partial charge in [-0.15, -0.1) is 0 Å². The summed E-state index contributed by atoms with van der Waals surface area (Å²) in [5, 5.41) is 38.7. The smallest absolute Gasteiger partial charge is 0.133 e. The van der Waals surface area contributed by atoms with Crippen LogP contribution in [0.1, 0.15) is 29.8 Å². The van der Waals surface area contributed by atoms with Gasteiger partial charge in [0.25, 0.3) is 0 Å². The molecule has 104 valence electrons. The number of aromatic hydroxyl groups is 3. The van der Waals surface area contributed by atoms with E-state index >= 15 is 0 Å². The molecule has 0 fully saturated rings. The molecule has 0 radical (unpaired) electrons. The van der Waals surface area contributed by atoms with Crippen LogP contribution in [0.5, 0.6) is 23.0 Å². The molecule has 0 aromatic heterocycles. The van der Waals surface area contributed by atoms with E-state index in [1.807, 2.05) is 0 Å². The fourth-order valence-corrected chi connectivity index (χ4v) is 2.45. The van der Waals surface area contributed by atoms with Crippen molar-refractivity contribution >= 4 is 0 Å². The topological polar surface area (TPSA) is 90.2 Å². The van der Waals surface area contributed by atoms with Crippen molar-refractivity contribution in [3.05, 3.63) is 47.5 Å². The predicted octanol–water partition coefficient (Wildman–Crippen LogP) is 2.36. The van der Waals surface area contributed by atoms with Crippen LogP contribution in [0.4, 0.5) is 0 Å². The third-order valence-corrected chi connectivity index (χ3v) is 3.41. The number of benzene rings is 2. The molecular formula is C15H14O5. The molecule has 0 aliphatic carbocycles. The van der Waals surface area contributed by atoms with Crippen LogP contribution < -0.4 is 4.74 Å². The first kappa shape index (κ1) is 12.6. The summed E-state index contributed by atoms with van der Waals surface area (Å²) in [6.07, 6.45) is -0.992. The number of rotatable bonds is 1. The minimum atomic E-state index is -0.877. The lowest BCUT2D eigenvalue weighted by Crippen LogP contribution is -2.19. The van der Waals surface area contributed by atoms with Gasteiger partial charge in [-0.05, 0) is 17.7 Å². The van der Waals surface area contributed by atoms with E-state index in [1.54, 1.807) is 24.3 Å². The first-order valence-electron chi connectivity index (χ1n) is 6.24. The monoisotopic (exact) mass is 274 g/mol. The first-order chi connectivity index (χ1) is 9.54. The van der Waals surface area contributed by atoms with Gasteiger partial charge in [0.2, 0.25) is 0 Å². The van der Waals surface area contributed by atoms with Gasteiger partial charge >= 0.3 is 0 Å². The van der Waals surface area contributed by atoms with E-state index in [-0.39, 0.29) is 35.0 Å². The highest BCUT2D eigenvalue weighted by Gasteiger charge is 2.31. The van der Waals surface area contributed by atoms with E-state index in [4.69, 9.17) is 4.74 Å². The van der Waals surface area contributed by atoms with Gasteiger partial charge in [-0.2, -0.15) is 0 Å². The van der Waals surface area contributed by atoms with E-state index in [9.17, 15) is 20.4 Å². The molecule has 2 aromatic rings. The summed E-state index contributed by atoms with van der Waals surface area (Å²) in [6.45, 7) is 0. The SMILES string of the molecule is Oc1ccc([C@@H]2CC(O)c3c(O)cc(O)cc3O2)cc1. The zero-order valence-corrected chi connectivity index (χ0v) is 10.5. The molecule has 5 heteroatoms. The Morgan fingerprint density at radius 2 is 1.65 bits per heavy atom. The average Bonchev–Trinajstić information content (AvgIpc) is 2.38. The average molecular weight is 274 g/mol. The molecular weight excluding hydrogens is 260 g/mol. The fourth-order valence-electron chi connectivity index (χ4n) is 2.45. The maximum atomic E-state index is 10.1. The second-order valence-corrected chi connectivity index (χ2v) is 4.83. The van der Waals surface area contributed by atoms with Crippen LogP contribution in [-0.4, -0.2) is 20.4 Å². The molecule has 20 heavy (non-hydrogen) atoms. The number of phenols is 3. The lowest BCUT2D eigenvalue weighted by atomic mass is 9.94. The van der Waals surface area contributed by atoms with Crippen molar-refractivity contribution in [3.8, 4) is 23.0 Å². The highest BCUT2D eigenvalue weighted by Crippen LogP contribution is 2.46. The van der Waals surface area contributed by atoms with Crippen LogP contribution in [0, 0.1) is 0 Å². The molecule has 2 aromatic carbocycles. The summed E-state index contributed by atoms with van der Waals surface area (Å²) in [4.78, 5) is 0. The Morgan fingerprint density at radius 3 is 2.35 bits per heavy atom. The largest absolute Gasteiger partial charge is 0.508 e. The summed E-state index contributed by atoms with van der Waals surface area (Å²) in [7, 11) is 0. The van der Waals surface area contributed by atoms with Gasteiger partial charge in [0.1, 0.15) is 29.1 Å². The van der Waals surface area contributed by atoms with Gasteiger partial charge in [0.15, 0.2) is 0 Å². The quantitative estimate of drug-likeness (QED) is 0.641. The van der Waals surface area contributed by atoms with E-state index in [1.165, 1.54) is 12.1 Å². The highest BCUT2D eigenvalue weighted by molar-refractivity contribution is 5.52. The van der Waals surface area contributed by atoms with Crippen molar-refractivity contribution < 1.29 is 25.2 Å². The normalized spacial score (nSPS) is 21.1. The molecule has 1 heterocycles. The number of hydrogen-bond donors (Lipinski definition) is 4. The predicted molar refractivity (Wildman–Crippen MR) is 70.8 cm³/mol. The molecule has 0 saturated heterocycles. The van der Waals surface area contributed by atoms with Crippen molar-refractivity contribution in [1.29, 1.82) is 0 Å². The van der Waals surface area contributed by atoms with Crippen molar-refractivity contribution in [2.45, 2.75) is 18.6 Å². The Bertz CT molecular complexity index is 635. The third-order valence-electron chi connectivity index (χ3n) is 3.41. The Hall–Kier alpha value is -2.40. The minimum Gasteiger partial charge on any atom is -0.508 e. The zero-order chi connectivity index (χ0) is 14.3. The van der Waals surface area contributed by atoms with E-state index in [0.717, 1.165) is 5.56 Å². The van der Waals surface area contributed by atoms with Crippen LogP contribution in [0.15, 0.2) is 36.4 Å². The Morgan fingerprint density at radius 1 is 0.950 bits per heavy atom. The van der Waals surface area contributed by atoms with Crippen LogP contribution in [-0.2, 0) is 0 Å². The summed E-state index contributed by atoms with van der Waals surface area (Å²) in [6, 6.07) is 9.04. The number of phenolic OH excluding ortho intramolecular Hbond substituents is 3. The Kier molecular flexibility index (Phi) is 2.91. The fraction of sp³-hybridized carbons (Fsp3) is 0.200. The van der Waals surface area contributed by atoms with Gasteiger partial charge in [0, 0.05) is 18.6 Å². The molecule has 2 atom stereocenters. The molecule has 4 N–H and O–H groups in total. The molecule has 1 aliphatic rings. The second kappa shape index (κ2) is 4.61. The van der Waals surface area contributed by atoms with Crippen molar-refractivity contribution in [2.24, 2.45) is 0 Å². The van der Waals surface area contributed by atoms with Gasteiger partial charge < -0.3 is 25.2 Å². The van der Waals surface area contributed by atoms with E-state index < -0.39 is 12.2 Å². The third kappa shape index (κ3) is 2.12. The van der Waals surface area contributed by atoms with Gasteiger partial charge in [-0.3, -0.25) is 0 Å². The summed E-state index contributed by atoms with van der Waals surface area (Å²) in [5.41, 5.74) is 1.09.